The molecule has 2 heterocycles. The quantitative estimate of drug-likeness (QED) is 0.395. The van der Waals surface area contributed by atoms with Gasteiger partial charge in [0.1, 0.15) is 17.2 Å². The van der Waals surface area contributed by atoms with Crippen molar-refractivity contribution in [1.29, 1.82) is 0 Å². The lowest BCUT2D eigenvalue weighted by molar-refractivity contribution is 0.0745. The Morgan fingerprint density at radius 1 is 0.971 bits per heavy atom. The molecular weight excluding hydrogens is 426 g/mol. The first-order valence-corrected chi connectivity index (χ1v) is 11.5. The standard InChI is InChI=1S/C28H27N3O3/c1-3-34-23-11-7-10-21(18-23)27-24-25(20-8-5-4-6-9-20)29-30-26(24)28(32)31(27)17-16-19-12-14-22(33-2)15-13-19/h4-15,18,27H,3,16-17H2,1-2H3,(H,29,30). The monoisotopic (exact) mass is 453 g/mol. The van der Waals surface area contributed by atoms with E-state index in [4.69, 9.17) is 9.47 Å². The van der Waals surface area contributed by atoms with Crippen LogP contribution in [0.25, 0.3) is 11.3 Å². The van der Waals surface area contributed by atoms with Crippen molar-refractivity contribution in [3.8, 4) is 22.8 Å². The molecule has 5 rings (SSSR count). The Balaban J connectivity index is 1.54. The van der Waals surface area contributed by atoms with Crippen molar-refractivity contribution in [1.82, 2.24) is 15.1 Å². The maximum Gasteiger partial charge on any atom is 0.273 e. The number of carbonyl (C=O) groups excluding carboxylic acids is 1. The number of nitrogens with zero attached hydrogens (tertiary/aromatic N) is 2. The number of hydrogen-bond acceptors (Lipinski definition) is 4. The predicted molar refractivity (Wildman–Crippen MR) is 131 cm³/mol. The number of benzene rings is 3. The Labute approximate surface area is 199 Å². The van der Waals surface area contributed by atoms with Gasteiger partial charge in [-0.3, -0.25) is 9.89 Å². The van der Waals surface area contributed by atoms with Crippen molar-refractivity contribution in [2.45, 2.75) is 19.4 Å². The number of nitrogens with one attached hydrogen (secondary N) is 1. The molecule has 1 aliphatic rings. The summed E-state index contributed by atoms with van der Waals surface area (Å²) in [5, 5.41) is 7.58. The summed E-state index contributed by atoms with van der Waals surface area (Å²) in [6, 6.07) is 25.7. The third-order valence-corrected chi connectivity index (χ3v) is 6.20. The molecule has 6 nitrogen and oxygen atoms in total. The number of aromatic nitrogens is 2. The number of H-pyrrole nitrogens is 1. The van der Waals surface area contributed by atoms with Crippen LogP contribution in [0.2, 0.25) is 0 Å². The fourth-order valence-corrected chi connectivity index (χ4v) is 4.57. The molecule has 0 saturated carbocycles. The SMILES string of the molecule is CCOc1cccc(C2c3c(-c4ccccc4)n[nH]c3C(=O)N2CCc2ccc(OC)cc2)c1. The number of ether oxygens (including phenoxy) is 2. The molecule has 1 N–H and O–H groups in total. The predicted octanol–water partition coefficient (Wildman–Crippen LogP) is 5.27. The summed E-state index contributed by atoms with van der Waals surface area (Å²) < 4.78 is 11.0. The van der Waals surface area contributed by atoms with Gasteiger partial charge in [-0.25, -0.2) is 0 Å². The van der Waals surface area contributed by atoms with Gasteiger partial charge in [0, 0.05) is 17.7 Å². The largest absolute Gasteiger partial charge is 0.497 e. The highest BCUT2D eigenvalue weighted by molar-refractivity contribution is 6.00. The van der Waals surface area contributed by atoms with Gasteiger partial charge in [0.05, 0.1) is 25.5 Å². The van der Waals surface area contributed by atoms with E-state index in [9.17, 15) is 4.79 Å². The summed E-state index contributed by atoms with van der Waals surface area (Å²) in [6.45, 7) is 3.13. The van der Waals surface area contributed by atoms with E-state index in [1.54, 1.807) is 7.11 Å². The zero-order valence-corrected chi connectivity index (χ0v) is 19.3. The van der Waals surface area contributed by atoms with Gasteiger partial charge in [0.25, 0.3) is 5.91 Å². The van der Waals surface area contributed by atoms with Crippen molar-refractivity contribution >= 4 is 5.91 Å². The van der Waals surface area contributed by atoms with Crippen LogP contribution in [-0.2, 0) is 6.42 Å². The van der Waals surface area contributed by atoms with E-state index >= 15 is 0 Å². The number of methoxy groups -OCH3 is 1. The Bertz CT molecular complexity index is 1280. The fourth-order valence-electron chi connectivity index (χ4n) is 4.57. The Hall–Kier alpha value is -4.06. The maximum absolute atomic E-state index is 13.6. The molecule has 1 aromatic heterocycles. The molecular formula is C28H27N3O3. The van der Waals surface area contributed by atoms with Gasteiger partial charge in [-0.2, -0.15) is 5.10 Å². The van der Waals surface area contributed by atoms with Gasteiger partial charge < -0.3 is 14.4 Å². The minimum absolute atomic E-state index is 0.0370. The molecule has 0 saturated heterocycles. The third kappa shape index (κ3) is 4.03. The van der Waals surface area contributed by atoms with Crippen molar-refractivity contribution < 1.29 is 14.3 Å². The van der Waals surface area contributed by atoms with E-state index in [1.165, 1.54) is 0 Å². The average Bonchev–Trinajstić information content (AvgIpc) is 3.43. The van der Waals surface area contributed by atoms with Gasteiger partial charge >= 0.3 is 0 Å². The molecule has 1 unspecified atom stereocenters. The summed E-state index contributed by atoms with van der Waals surface area (Å²) in [5.41, 5.74) is 5.41. The normalized spacial score (nSPS) is 14.8. The summed E-state index contributed by atoms with van der Waals surface area (Å²) >= 11 is 0. The molecule has 1 aliphatic heterocycles. The number of aromatic amines is 1. The van der Waals surface area contributed by atoms with Crippen LogP contribution in [0.15, 0.2) is 78.9 Å². The number of amides is 1. The van der Waals surface area contributed by atoms with Crippen molar-refractivity contribution in [2.24, 2.45) is 0 Å². The number of carbonyl (C=O) groups is 1. The van der Waals surface area contributed by atoms with Gasteiger partial charge in [-0.1, -0.05) is 54.6 Å². The molecule has 0 aliphatic carbocycles. The summed E-state index contributed by atoms with van der Waals surface area (Å²) in [7, 11) is 1.66. The maximum atomic E-state index is 13.6. The second-order valence-electron chi connectivity index (χ2n) is 8.23. The van der Waals surface area contributed by atoms with Crippen molar-refractivity contribution in [3.05, 3.63) is 101 Å². The first-order valence-electron chi connectivity index (χ1n) is 11.5. The smallest absolute Gasteiger partial charge is 0.273 e. The van der Waals surface area contributed by atoms with Crippen LogP contribution in [-0.4, -0.2) is 41.3 Å². The van der Waals surface area contributed by atoms with Gasteiger partial charge in [0.15, 0.2) is 0 Å². The zero-order valence-electron chi connectivity index (χ0n) is 19.3. The van der Waals surface area contributed by atoms with E-state index in [-0.39, 0.29) is 11.9 Å². The van der Waals surface area contributed by atoms with Crippen LogP contribution in [0.4, 0.5) is 0 Å². The highest BCUT2D eigenvalue weighted by atomic mass is 16.5. The van der Waals surface area contributed by atoms with Gasteiger partial charge in [-0.15, -0.1) is 0 Å². The molecule has 34 heavy (non-hydrogen) atoms. The van der Waals surface area contributed by atoms with Crippen LogP contribution < -0.4 is 9.47 Å². The van der Waals surface area contributed by atoms with Crippen LogP contribution in [0.5, 0.6) is 11.5 Å². The van der Waals surface area contributed by atoms with Gasteiger partial charge in [-0.05, 0) is 48.7 Å². The topological polar surface area (TPSA) is 67.5 Å². The summed E-state index contributed by atoms with van der Waals surface area (Å²) in [4.78, 5) is 15.5. The minimum atomic E-state index is -0.255. The first kappa shape index (κ1) is 21.8. The highest BCUT2D eigenvalue weighted by Gasteiger charge is 2.42. The Kier molecular flexibility index (Phi) is 6.04. The van der Waals surface area contributed by atoms with Crippen LogP contribution in [0.1, 0.15) is 40.1 Å². The van der Waals surface area contributed by atoms with E-state index in [2.05, 4.69) is 16.3 Å². The number of fused-ring (bicyclic) bond motifs is 1. The number of rotatable bonds is 8. The number of hydrogen-bond donors (Lipinski definition) is 1. The Morgan fingerprint density at radius 3 is 2.50 bits per heavy atom. The van der Waals surface area contributed by atoms with Crippen molar-refractivity contribution in [2.75, 3.05) is 20.3 Å². The molecule has 0 radical (unpaired) electrons. The minimum Gasteiger partial charge on any atom is -0.497 e. The zero-order chi connectivity index (χ0) is 23.5. The molecule has 6 heteroatoms. The highest BCUT2D eigenvalue weighted by Crippen LogP contribution is 2.43. The molecule has 0 bridgehead atoms. The molecule has 0 spiro atoms. The van der Waals surface area contributed by atoms with Crippen molar-refractivity contribution in [3.63, 3.8) is 0 Å². The second kappa shape index (κ2) is 9.43. The Morgan fingerprint density at radius 2 is 1.76 bits per heavy atom. The molecule has 1 amide bonds. The lowest BCUT2D eigenvalue weighted by Crippen LogP contribution is -2.31. The molecule has 3 aromatic carbocycles. The average molecular weight is 454 g/mol. The summed E-state index contributed by atoms with van der Waals surface area (Å²) in [5.74, 6) is 1.57. The second-order valence-corrected chi connectivity index (χ2v) is 8.23. The summed E-state index contributed by atoms with van der Waals surface area (Å²) in [6.07, 6.45) is 0.732. The molecule has 4 aromatic rings. The van der Waals surface area contributed by atoms with E-state index in [0.29, 0.717) is 18.8 Å². The third-order valence-electron chi connectivity index (χ3n) is 6.20. The van der Waals surface area contributed by atoms with Crippen LogP contribution in [0, 0.1) is 0 Å². The first-order chi connectivity index (χ1) is 16.7. The van der Waals surface area contributed by atoms with Crippen LogP contribution in [0.3, 0.4) is 0 Å². The fraction of sp³-hybridized carbons (Fsp3) is 0.214. The van der Waals surface area contributed by atoms with E-state index in [1.807, 2.05) is 84.6 Å². The molecule has 1 atom stereocenters. The van der Waals surface area contributed by atoms with E-state index in [0.717, 1.165) is 45.9 Å². The lowest BCUT2D eigenvalue weighted by atomic mass is 9.95. The lowest BCUT2D eigenvalue weighted by Gasteiger charge is -2.27. The van der Waals surface area contributed by atoms with Gasteiger partial charge in [0.2, 0.25) is 0 Å². The molecule has 0 fully saturated rings. The van der Waals surface area contributed by atoms with Crippen LogP contribution >= 0.6 is 0 Å². The molecule has 172 valence electrons. The van der Waals surface area contributed by atoms with E-state index < -0.39 is 0 Å².